The summed E-state index contributed by atoms with van der Waals surface area (Å²) in [4.78, 5) is 8.65. The van der Waals surface area contributed by atoms with E-state index in [1.54, 1.807) is 0 Å². The van der Waals surface area contributed by atoms with Crippen molar-refractivity contribution in [3.05, 3.63) is 29.0 Å². The number of hydrogen-bond donors (Lipinski definition) is 2. The summed E-state index contributed by atoms with van der Waals surface area (Å²) in [5.74, 6) is 1.73. The zero-order chi connectivity index (χ0) is 13.5. The average Bonchev–Trinajstić information content (AvgIpc) is 3.22. The molecule has 1 fully saturated rings. The number of rotatable bonds is 6. The molecule has 19 heavy (non-hydrogen) atoms. The highest BCUT2D eigenvalue weighted by Gasteiger charge is 2.20. The summed E-state index contributed by atoms with van der Waals surface area (Å²) in [6.45, 7) is 4.76. The first-order chi connectivity index (χ1) is 9.28. The zero-order valence-electron chi connectivity index (χ0n) is 11.3. The van der Waals surface area contributed by atoms with E-state index in [0.29, 0.717) is 5.15 Å². The molecule has 0 radical (unpaired) electrons. The molecule has 2 rings (SSSR count). The van der Waals surface area contributed by atoms with Gasteiger partial charge in [-0.15, -0.1) is 0 Å². The van der Waals surface area contributed by atoms with Gasteiger partial charge < -0.3 is 10.6 Å². The summed E-state index contributed by atoms with van der Waals surface area (Å²) in [6.07, 6.45) is 5.40. The fraction of sp³-hybridized carbons (Fsp3) is 0.571. The van der Waals surface area contributed by atoms with Crippen LogP contribution in [0.2, 0.25) is 5.15 Å². The molecule has 1 aromatic rings. The van der Waals surface area contributed by atoms with Crippen molar-refractivity contribution in [3.63, 3.8) is 0 Å². The standard InChI is InChI=1S/C14H21ClN4/c1-2-16-14(19-10-11-3-4-11)17-8-7-12-5-6-13(15)18-9-12/h5-6,9,11H,2-4,7-8,10H2,1H3,(H2,16,17,19). The van der Waals surface area contributed by atoms with Crippen molar-refractivity contribution in [1.29, 1.82) is 0 Å². The molecule has 0 aromatic carbocycles. The van der Waals surface area contributed by atoms with Gasteiger partial charge in [0.25, 0.3) is 0 Å². The Labute approximate surface area is 119 Å². The topological polar surface area (TPSA) is 49.3 Å². The van der Waals surface area contributed by atoms with E-state index in [9.17, 15) is 0 Å². The molecule has 0 aliphatic heterocycles. The van der Waals surface area contributed by atoms with Crippen LogP contribution in [0, 0.1) is 5.92 Å². The highest BCUT2D eigenvalue weighted by Crippen LogP contribution is 2.28. The first kappa shape index (κ1) is 14.1. The summed E-state index contributed by atoms with van der Waals surface area (Å²) in [6, 6.07) is 3.83. The number of nitrogens with zero attached hydrogens (tertiary/aromatic N) is 2. The lowest BCUT2D eigenvalue weighted by Crippen LogP contribution is -2.38. The van der Waals surface area contributed by atoms with Crippen molar-refractivity contribution in [1.82, 2.24) is 15.6 Å². The average molecular weight is 281 g/mol. The predicted molar refractivity (Wildman–Crippen MR) is 79.7 cm³/mol. The van der Waals surface area contributed by atoms with Crippen LogP contribution in [0.1, 0.15) is 25.3 Å². The largest absolute Gasteiger partial charge is 0.357 e. The molecule has 104 valence electrons. The molecule has 4 nitrogen and oxygen atoms in total. The van der Waals surface area contributed by atoms with Gasteiger partial charge in [0, 0.05) is 25.8 Å². The molecule has 0 unspecified atom stereocenters. The van der Waals surface area contributed by atoms with Crippen LogP contribution in [0.5, 0.6) is 0 Å². The van der Waals surface area contributed by atoms with E-state index in [-0.39, 0.29) is 0 Å². The summed E-state index contributed by atoms with van der Waals surface area (Å²) < 4.78 is 0. The van der Waals surface area contributed by atoms with E-state index < -0.39 is 0 Å². The SMILES string of the molecule is CCNC(=NCC1CC1)NCCc1ccc(Cl)nc1. The van der Waals surface area contributed by atoms with Gasteiger partial charge in [0.15, 0.2) is 5.96 Å². The monoisotopic (exact) mass is 280 g/mol. The second-order valence-electron chi connectivity index (χ2n) is 4.83. The van der Waals surface area contributed by atoms with E-state index >= 15 is 0 Å². The number of guanidine groups is 1. The Hall–Kier alpha value is -1.29. The normalized spacial score (nSPS) is 15.4. The second-order valence-corrected chi connectivity index (χ2v) is 5.22. The molecule has 2 N–H and O–H groups in total. The lowest BCUT2D eigenvalue weighted by molar-refractivity contribution is 0.776. The third-order valence-corrected chi connectivity index (χ3v) is 3.27. The lowest BCUT2D eigenvalue weighted by atomic mass is 10.2. The lowest BCUT2D eigenvalue weighted by Gasteiger charge is -2.11. The van der Waals surface area contributed by atoms with E-state index in [1.165, 1.54) is 18.4 Å². The van der Waals surface area contributed by atoms with Crippen LogP contribution in [-0.4, -0.2) is 30.6 Å². The third-order valence-electron chi connectivity index (χ3n) is 3.04. The van der Waals surface area contributed by atoms with Crippen molar-refractivity contribution in [2.45, 2.75) is 26.2 Å². The molecule has 0 atom stereocenters. The Morgan fingerprint density at radius 1 is 1.42 bits per heavy atom. The number of aromatic nitrogens is 1. The Kier molecular flexibility index (Phi) is 5.45. The minimum absolute atomic E-state index is 0.538. The molecule has 1 aliphatic carbocycles. The maximum absolute atomic E-state index is 5.76. The maximum atomic E-state index is 5.76. The fourth-order valence-corrected chi connectivity index (χ4v) is 1.85. The Balaban J connectivity index is 1.74. The molecule has 5 heteroatoms. The van der Waals surface area contributed by atoms with E-state index in [1.807, 2.05) is 18.3 Å². The number of hydrogen-bond acceptors (Lipinski definition) is 2. The molecule has 0 bridgehead atoms. The molecule has 1 heterocycles. The zero-order valence-corrected chi connectivity index (χ0v) is 12.1. The quantitative estimate of drug-likeness (QED) is 0.477. The van der Waals surface area contributed by atoms with Gasteiger partial charge in [-0.1, -0.05) is 17.7 Å². The van der Waals surface area contributed by atoms with Crippen LogP contribution in [-0.2, 0) is 6.42 Å². The number of aliphatic imine (C=N–C) groups is 1. The van der Waals surface area contributed by atoms with Gasteiger partial charge >= 0.3 is 0 Å². The molecule has 1 aromatic heterocycles. The smallest absolute Gasteiger partial charge is 0.191 e. The van der Waals surface area contributed by atoms with Crippen molar-refractivity contribution in [3.8, 4) is 0 Å². The van der Waals surface area contributed by atoms with E-state index in [4.69, 9.17) is 11.6 Å². The van der Waals surface area contributed by atoms with Crippen LogP contribution < -0.4 is 10.6 Å². The third kappa shape index (κ3) is 5.47. The van der Waals surface area contributed by atoms with Gasteiger partial charge in [-0.2, -0.15) is 0 Å². The molecular formula is C14H21ClN4. The fourth-order valence-electron chi connectivity index (χ4n) is 1.74. The second kappa shape index (κ2) is 7.34. The van der Waals surface area contributed by atoms with Gasteiger partial charge in [0.1, 0.15) is 5.15 Å². The molecule has 0 saturated heterocycles. The highest BCUT2D eigenvalue weighted by atomic mass is 35.5. The summed E-state index contributed by atoms with van der Waals surface area (Å²) in [5.41, 5.74) is 1.18. The van der Waals surface area contributed by atoms with Gasteiger partial charge in [0.05, 0.1) is 0 Å². The number of nitrogens with one attached hydrogen (secondary N) is 2. The van der Waals surface area contributed by atoms with Crippen LogP contribution in [0.3, 0.4) is 0 Å². The Morgan fingerprint density at radius 2 is 2.26 bits per heavy atom. The van der Waals surface area contributed by atoms with Crippen LogP contribution in [0.15, 0.2) is 23.3 Å². The van der Waals surface area contributed by atoms with Gasteiger partial charge in [-0.25, -0.2) is 4.98 Å². The van der Waals surface area contributed by atoms with Crippen LogP contribution in [0.4, 0.5) is 0 Å². The van der Waals surface area contributed by atoms with Crippen molar-refractivity contribution in [2.75, 3.05) is 19.6 Å². The molecule has 1 aliphatic rings. The minimum atomic E-state index is 0.538. The Morgan fingerprint density at radius 3 is 2.89 bits per heavy atom. The summed E-state index contributed by atoms with van der Waals surface area (Å²) in [5, 5.41) is 7.15. The van der Waals surface area contributed by atoms with Crippen molar-refractivity contribution >= 4 is 17.6 Å². The molecule has 1 saturated carbocycles. The molecular weight excluding hydrogens is 260 g/mol. The highest BCUT2D eigenvalue weighted by molar-refractivity contribution is 6.29. The first-order valence-corrected chi connectivity index (χ1v) is 7.28. The Bertz CT molecular complexity index is 412. The molecule has 0 spiro atoms. The summed E-state index contributed by atoms with van der Waals surface area (Å²) in [7, 11) is 0. The maximum Gasteiger partial charge on any atom is 0.191 e. The van der Waals surface area contributed by atoms with Crippen molar-refractivity contribution in [2.24, 2.45) is 10.9 Å². The first-order valence-electron chi connectivity index (χ1n) is 6.90. The molecule has 0 amide bonds. The minimum Gasteiger partial charge on any atom is -0.357 e. The van der Waals surface area contributed by atoms with Gasteiger partial charge in [-0.05, 0) is 43.7 Å². The van der Waals surface area contributed by atoms with E-state index in [0.717, 1.165) is 37.9 Å². The number of pyridine rings is 1. The van der Waals surface area contributed by atoms with Crippen molar-refractivity contribution < 1.29 is 0 Å². The number of halogens is 1. The van der Waals surface area contributed by atoms with Crippen LogP contribution in [0.25, 0.3) is 0 Å². The van der Waals surface area contributed by atoms with Gasteiger partial charge in [-0.3, -0.25) is 4.99 Å². The van der Waals surface area contributed by atoms with Gasteiger partial charge in [0.2, 0.25) is 0 Å². The van der Waals surface area contributed by atoms with Crippen LogP contribution >= 0.6 is 11.6 Å². The summed E-state index contributed by atoms with van der Waals surface area (Å²) >= 11 is 5.76. The van der Waals surface area contributed by atoms with E-state index in [2.05, 4.69) is 27.5 Å². The predicted octanol–water partition coefficient (Wildman–Crippen LogP) is 2.24.